The molecule has 1 atom stereocenters. The number of nitro groups is 1. The minimum Gasteiger partial charge on any atom is -0.493 e. The maximum absolute atomic E-state index is 13.4. The third-order valence-electron chi connectivity index (χ3n) is 6.35. The van der Waals surface area contributed by atoms with Crippen molar-refractivity contribution in [2.24, 2.45) is 5.73 Å². The Morgan fingerprint density at radius 1 is 1.05 bits per heavy atom. The van der Waals surface area contributed by atoms with Crippen molar-refractivity contribution in [3.8, 4) is 34.8 Å². The SMILES string of the molecule is COc1cc(C(=O)Oc2c(C3C(C#N)=C(N)Oc4c3sc3ccccc43)cccc2[N+](=O)[O-])cc(OC)c1OC. The van der Waals surface area contributed by atoms with Gasteiger partial charge in [0.05, 0.1) is 42.6 Å². The first-order chi connectivity index (χ1) is 19.3. The van der Waals surface area contributed by atoms with Crippen molar-refractivity contribution in [2.75, 3.05) is 21.3 Å². The Labute approximate surface area is 231 Å². The van der Waals surface area contributed by atoms with Crippen LogP contribution < -0.4 is 29.4 Å². The second-order valence-electron chi connectivity index (χ2n) is 8.47. The Morgan fingerprint density at radius 2 is 1.75 bits per heavy atom. The second-order valence-corrected chi connectivity index (χ2v) is 9.56. The lowest BCUT2D eigenvalue weighted by molar-refractivity contribution is -0.385. The van der Waals surface area contributed by atoms with Crippen LogP contribution in [0.15, 0.2) is 66.1 Å². The van der Waals surface area contributed by atoms with E-state index in [0.29, 0.717) is 10.6 Å². The number of nitro benzene ring substituents is 1. The van der Waals surface area contributed by atoms with E-state index in [1.165, 1.54) is 56.9 Å². The zero-order valence-corrected chi connectivity index (χ0v) is 22.2. The van der Waals surface area contributed by atoms with Crippen LogP contribution in [0.25, 0.3) is 10.1 Å². The van der Waals surface area contributed by atoms with E-state index >= 15 is 0 Å². The highest BCUT2D eigenvalue weighted by Gasteiger charge is 2.38. The van der Waals surface area contributed by atoms with E-state index in [-0.39, 0.29) is 45.6 Å². The van der Waals surface area contributed by atoms with Crippen LogP contribution in [0.1, 0.15) is 26.7 Å². The number of esters is 1. The average Bonchev–Trinajstić information content (AvgIpc) is 3.33. The van der Waals surface area contributed by atoms with Gasteiger partial charge in [-0.2, -0.15) is 5.26 Å². The zero-order chi connectivity index (χ0) is 28.6. The van der Waals surface area contributed by atoms with Gasteiger partial charge < -0.3 is 29.4 Å². The van der Waals surface area contributed by atoms with Crippen molar-refractivity contribution < 1.29 is 33.4 Å². The summed E-state index contributed by atoms with van der Waals surface area (Å²) in [6, 6.07) is 16.5. The number of methoxy groups -OCH3 is 3. The molecule has 0 spiro atoms. The molecule has 1 aliphatic rings. The number of nitriles is 1. The summed E-state index contributed by atoms with van der Waals surface area (Å²) in [6.07, 6.45) is 0. The van der Waals surface area contributed by atoms with Gasteiger partial charge in [0.2, 0.25) is 17.4 Å². The van der Waals surface area contributed by atoms with Crippen LogP contribution in [-0.4, -0.2) is 32.2 Å². The van der Waals surface area contributed by atoms with Gasteiger partial charge in [0, 0.05) is 21.7 Å². The summed E-state index contributed by atoms with van der Waals surface area (Å²) in [5.41, 5.74) is 5.92. The molecule has 0 saturated heterocycles. The van der Waals surface area contributed by atoms with E-state index in [1.54, 1.807) is 6.07 Å². The number of ether oxygens (including phenoxy) is 5. The summed E-state index contributed by atoms with van der Waals surface area (Å²) in [6.45, 7) is 0. The maximum Gasteiger partial charge on any atom is 0.344 e. The fourth-order valence-corrected chi connectivity index (χ4v) is 5.83. The molecule has 1 aromatic heterocycles. The number of carbonyl (C=O) groups excluding carboxylic acids is 1. The average molecular weight is 560 g/mol. The first-order valence-electron chi connectivity index (χ1n) is 11.7. The third kappa shape index (κ3) is 4.28. The number of thiophene rings is 1. The standard InChI is InChI=1S/C28H21N3O8S/c1-35-19-11-14(12-20(36-2)25(19)37-3)28(32)39-23-16(8-6-9-18(23)31(33)34)22-17(13-29)27(30)38-24-15-7-4-5-10-21(15)40-26(22)24/h4-12,22H,30H2,1-3H3. The summed E-state index contributed by atoms with van der Waals surface area (Å²) in [4.78, 5) is 25.5. The van der Waals surface area contributed by atoms with Crippen molar-refractivity contribution in [3.05, 3.63) is 92.2 Å². The fourth-order valence-electron chi connectivity index (χ4n) is 4.57. The summed E-state index contributed by atoms with van der Waals surface area (Å²) < 4.78 is 28.4. The quantitative estimate of drug-likeness (QED) is 0.137. The van der Waals surface area contributed by atoms with Gasteiger partial charge in [-0.15, -0.1) is 11.3 Å². The molecule has 1 unspecified atom stereocenters. The molecule has 3 aromatic carbocycles. The summed E-state index contributed by atoms with van der Waals surface area (Å²) in [5.74, 6) is -1.21. The lowest BCUT2D eigenvalue weighted by Gasteiger charge is -2.25. The van der Waals surface area contributed by atoms with Gasteiger partial charge >= 0.3 is 11.7 Å². The molecule has 11 nitrogen and oxygen atoms in total. The highest BCUT2D eigenvalue weighted by Crippen LogP contribution is 2.53. The molecule has 5 rings (SSSR count). The normalized spacial score (nSPS) is 14.1. The second kappa shape index (κ2) is 10.5. The summed E-state index contributed by atoms with van der Waals surface area (Å²) >= 11 is 1.35. The predicted molar refractivity (Wildman–Crippen MR) is 145 cm³/mol. The molecule has 4 aromatic rings. The molecule has 2 N–H and O–H groups in total. The van der Waals surface area contributed by atoms with Crippen molar-refractivity contribution in [1.82, 2.24) is 0 Å². The molecule has 1 aliphatic heterocycles. The summed E-state index contributed by atoms with van der Waals surface area (Å²) in [7, 11) is 4.20. The van der Waals surface area contributed by atoms with E-state index in [9.17, 15) is 20.2 Å². The van der Waals surface area contributed by atoms with E-state index in [4.69, 9.17) is 29.4 Å². The van der Waals surface area contributed by atoms with Crippen molar-refractivity contribution >= 4 is 33.1 Å². The van der Waals surface area contributed by atoms with Gasteiger partial charge in [-0.3, -0.25) is 10.1 Å². The monoisotopic (exact) mass is 559 g/mol. The topological polar surface area (TPSA) is 156 Å². The Balaban J connectivity index is 1.69. The number of para-hydroxylation sites is 1. The maximum atomic E-state index is 13.4. The molecule has 0 fully saturated rings. The van der Waals surface area contributed by atoms with Gasteiger partial charge in [0.25, 0.3) is 0 Å². The Bertz CT molecular complexity index is 1730. The number of benzene rings is 3. The largest absolute Gasteiger partial charge is 0.493 e. The molecular formula is C28H21N3O8S. The summed E-state index contributed by atoms with van der Waals surface area (Å²) in [5, 5.41) is 22.9. The van der Waals surface area contributed by atoms with E-state index in [0.717, 1.165) is 10.1 Å². The smallest absolute Gasteiger partial charge is 0.344 e. The zero-order valence-electron chi connectivity index (χ0n) is 21.4. The number of nitrogens with zero attached hydrogens (tertiary/aromatic N) is 2. The van der Waals surface area contributed by atoms with Crippen LogP contribution in [0.5, 0.6) is 28.7 Å². The highest BCUT2D eigenvalue weighted by molar-refractivity contribution is 7.19. The third-order valence-corrected chi connectivity index (χ3v) is 7.57. The van der Waals surface area contributed by atoms with Gasteiger partial charge in [-0.1, -0.05) is 24.3 Å². The number of rotatable bonds is 7. The van der Waals surface area contributed by atoms with E-state index < -0.39 is 22.5 Å². The fraction of sp³-hybridized carbons (Fsp3) is 0.143. The molecule has 0 amide bonds. The van der Waals surface area contributed by atoms with Crippen LogP contribution >= 0.6 is 11.3 Å². The predicted octanol–water partition coefficient (Wildman–Crippen LogP) is 5.27. The van der Waals surface area contributed by atoms with Crippen LogP contribution in [-0.2, 0) is 0 Å². The van der Waals surface area contributed by atoms with Gasteiger partial charge in [-0.25, -0.2) is 4.79 Å². The first-order valence-corrected chi connectivity index (χ1v) is 12.5. The van der Waals surface area contributed by atoms with Crippen LogP contribution in [0.4, 0.5) is 5.69 Å². The van der Waals surface area contributed by atoms with Crippen molar-refractivity contribution in [1.29, 1.82) is 5.26 Å². The minimum atomic E-state index is -0.922. The molecule has 202 valence electrons. The van der Waals surface area contributed by atoms with Gasteiger partial charge in [-0.05, 0) is 24.3 Å². The van der Waals surface area contributed by atoms with Crippen molar-refractivity contribution in [2.45, 2.75) is 5.92 Å². The molecule has 0 radical (unpaired) electrons. The number of carbonyl (C=O) groups is 1. The molecular weight excluding hydrogens is 538 g/mol. The number of allylic oxidation sites excluding steroid dienone is 1. The highest BCUT2D eigenvalue weighted by atomic mass is 32.1. The van der Waals surface area contributed by atoms with E-state index in [1.807, 2.05) is 24.3 Å². The number of nitrogens with two attached hydrogens (primary N) is 1. The Morgan fingerprint density at radius 3 is 2.38 bits per heavy atom. The minimum absolute atomic E-state index is 0.0105. The Kier molecular flexibility index (Phi) is 6.89. The van der Waals surface area contributed by atoms with Crippen molar-refractivity contribution in [3.63, 3.8) is 0 Å². The molecule has 0 bridgehead atoms. The molecule has 0 saturated carbocycles. The molecule has 2 heterocycles. The van der Waals surface area contributed by atoms with Crippen LogP contribution in [0.3, 0.4) is 0 Å². The first kappa shape index (κ1) is 26.3. The molecule has 0 aliphatic carbocycles. The molecule has 12 heteroatoms. The number of hydrogen-bond acceptors (Lipinski definition) is 11. The lowest BCUT2D eigenvalue weighted by atomic mass is 9.87. The lowest BCUT2D eigenvalue weighted by Crippen LogP contribution is -2.21. The van der Waals surface area contributed by atoms with Crippen LogP contribution in [0, 0.1) is 21.4 Å². The molecule has 40 heavy (non-hydrogen) atoms. The Hall–Kier alpha value is -5.28. The number of hydrogen-bond donors (Lipinski definition) is 1. The number of fused-ring (bicyclic) bond motifs is 3. The van der Waals surface area contributed by atoms with Crippen LogP contribution in [0.2, 0.25) is 0 Å². The van der Waals surface area contributed by atoms with Gasteiger partial charge in [0.1, 0.15) is 11.6 Å². The van der Waals surface area contributed by atoms with Gasteiger partial charge in [0.15, 0.2) is 17.2 Å². The van der Waals surface area contributed by atoms with E-state index in [2.05, 4.69) is 6.07 Å².